The van der Waals surface area contributed by atoms with Crippen LogP contribution in [0.3, 0.4) is 0 Å². The maximum absolute atomic E-state index is 11.9. The molecule has 2 unspecified atom stereocenters. The lowest BCUT2D eigenvalue weighted by molar-refractivity contribution is 0.525. The van der Waals surface area contributed by atoms with Crippen LogP contribution in [-0.2, 0) is 9.84 Å². The van der Waals surface area contributed by atoms with Crippen molar-refractivity contribution in [2.75, 3.05) is 0 Å². The molecule has 3 heteroatoms. The van der Waals surface area contributed by atoms with Crippen LogP contribution in [0.5, 0.6) is 0 Å². The molecule has 0 amide bonds. The number of hydrogen-bond donors (Lipinski definition) is 0. The Hall–Kier alpha value is -0.0500. The van der Waals surface area contributed by atoms with Crippen molar-refractivity contribution in [3.05, 3.63) is 0 Å². The lowest BCUT2D eigenvalue weighted by atomic mass is 10.0. The van der Waals surface area contributed by atoms with Gasteiger partial charge in [-0.1, -0.05) is 13.8 Å². The Morgan fingerprint density at radius 3 is 2.25 bits per heavy atom. The Kier molecular flexibility index (Phi) is 2.52. The molecule has 0 saturated carbocycles. The third-order valence-electron chi connectivity index (χ3n) is 3.32. The summed E-state index contributed by atoms with van der Waals surface area (Å²) in [5.74, 6) is 0. The predicted molar refractivity (Wildman–Crippen MR) is 50.9 cm³/mol. The van der Waals surface area contributed by atoms with E-state index in [9.17, 15) is 8.42 Å². The van der Waals surface area contributed by atoms with Gasteiger partial charge in [0, 0.05) is 0 Å². The first-order valence-electron chi connectivity index (χ1n) is 4.71. The fraction of sp³-hybridized carbons (Fsp3) is 1.00. The Labute approximate surface area is 75.3 Å². The van der Waals surface area contributed by atoms with Crippen molar-refractivity contribution in [3.8, 4) is 0 Å². The Bertz CT molecular complexity index is 256. The molecule has 72 valence electrons. The molecule has 0 aliphatic carbocycles. The Morgan fingerprint density at radius 1 is 1.42 bits per heavy atom. The lowest BCUT2D eigenvalue weighted by Crippen LogP contribution is -2.33. The van der Waals surface area contributed by atoms with Crippen LogP contribution in [0, 0.1) is 0 Å². The fourth-order valence-corrected chi connectivity index (χ4v) is 4.44. The second kappa shape index (κ2) is 3.02. The Balaban J connectivity index is 3.01. The van der Waals surface area contributed by atoms with Gasteiger partial charge in [0.15, 0.2) is 9.84 Å². The van der Waals surface area contributed by atoms with E-state index >= 15 is 0 Å². The highest BCUT2D eigenvalue weighted by Gasteiger charge is 2.47. The minimum absolute atomic E-state index is 0.0672. The van der Waals surface area contributed by atoms with Crippen LogP contribution >= 0.6 is 0 Å². The van der Waals surface area contributed by atoms with Gasteiger partial charge in [-0.2, -0.15) is 0 Å². The molecule has 0 aromatic rings. The zero-order chi connectivity index (χ0) is 9.41. The summed E-state index contributed by atoms with van der Waals surface area (Å²) in [4.78, 5) is 0. The van der Waals surface area contributed by atoms with E-state index in [4.69, 9.17) is 0 Å². The van der Waals surface area contributed by atoms with Crippen LogP contribution in [0.4, 0.5) is 0 Å². The van der Waals surface area contributed by atoms with Gasteiger partial charge in [0.05, 0.1) is 10.00 Å². The second-order valence-electron chi connectivity index (χ2n) is 3.92. The van der Waals surface area contributed by atoms with Crippen molar-refractivity contribution < 1.29 is 8.42 Å². The van der Waals surface area contributed by atoms with Crippen molar-refractivity contribution in [2.24, 2.45) is 0 Å². The molecule has 0 aromatic heterocycles. The third-order valence-corrected chi connectivity index (χ3v) is 6.64. The number of hydrogen-bond acceptors (Lipinski definition) is 2. The Morgan fingerprint density at radius 2 is 2.00 bits per heavy atom. The van der Waals surface area contributed by atoms with E-state index in [1.54, 1.807) is 0 Å². The molecule has 2 nitrogen and oxygen atoms in total. The molecular weight excluding hydrogens is 172 g/mol. The summed E-state index contributed by atoms with van der Waals surface area (Å²) in [6.07, 6.45) is 3.25. The van der Waals surface area contributed by atoms with E-state index in [0.29, 0.717) is 0 Å². The summed E-state index contributed by atoms with van der Waals surface area (Å²) < 4.78 is 23.3. The van der Waals surface area contributed by atoms with Crippen LogP contribution in [0.15, 0.2) is 0 Å². The first-order chi connectivity index (χ1) is 5.48. The normalized spacial score (nSPS) is 40.1. The van der Waals surface area contributed by atoms with Crippen LogP contribution in [0.1, 0.15) is 46.5 Å². The SMILES string of the molecule is CCC1CCC(C)(CC)S1(=O)=O. The highest BCUT2D eigenvalue weighted by atomic mass is 32.2. The molecule has 1 saturated heterocycles. The molecule has 1 aliphatic heterocycles. The molecule has 1 fully saturated rings. The first-order valence-corrected chi connectivity index (χ1v) is 6.26. The monoisotopic (exact) mass is 190 g/mol. The highest BCUT2D eigenvalue weighted by molar-refractivity contribution is 7.93. The van der Waals surface area contributed by atoms with Crippen LogP contribution < -0.4 is 0 Å². The maximum atomic E-state index is 11.9. The van der Waals surface area contributed by atoms with E-state index in [1.165, 1.54) is 0 Å². The molecule has 0 bridgehead atoms. The predicted octanol–water partition coefficient (Wildman–Crippen LogP) is 2.14. The van der Waals surface area contributed by atoms with Gasteiger partial charge in [0.2, 0.25) is 0 Å². The van der Waals surface area contributed by atoms with Gasteiger partial charge in [-0.15, -0.1) is 0 Å². The zero-order valence-electron chi connectivity index (χ0n) is 8.13. The van der Waals surface area contributed by atoms with E-state index in [2.05, 4.69) is 0 Å². The van der Waals surface area contributed by atoms with Gasteiger partial charge in [0.1, 0.15) is 0 Å². The summed E-state index contributed by atoms with van der Waals surface area (Å²) >= 11 is 0. The average Bonchev–Trinajstić information content (AvgIpc) is 2.25. The average molecular weight is 190 g/mol. The fourth-order valence-electron chi connectivity index (χ4n) is 1.97. The van der Waals surface area contributed by atoms with Crippen molar-refractivity contribution in [1.82, 2.24) is 0 Å². The summed E-state index contributed by atoms with van der Waals surface area (Å²) in [6.45, 7) is 5.82. The van der Waals surface area contributed by atoms with Crippen molar-refractivity contribution in [3.63, 3.8) is 0 Å². The minimum atomic E-state index is -2.83. The second-order valence-corrected chi connectivity index (χ2v) is 6.66. The first kappa shape index (κ1) is 10.0. The van der Waals surface area contributed by atoms with Crippen molar-refractivity contribution >= 4 is 9.84 Å². The molecule has 1 aliphatic rings. The largest absolute Gasteiger partial charge is 0.228 e. The molecule has 12 heavy (non-hydrogen) atoms. The smallest absolute Gasteiger partial charge is 0.158 e. The van der Waals surface area contributed by atoms with Gasteiger partial charge in [-0.3, -0.25) is 0 Å². The molecule has 0 spiro atoms. The summed E-state index contributed by atoms with van der Waals surface area (Å²) in [5.41, 5.74) is 0. The summed E-state index contributed by atoms with van der Waals surface area (Å²) in [5, 5.41) is -0.0672. The van der Waals surface area contributed by atoms with E-state index in [1.807, 2.05) is 20.8 Å². The summed E-state index contributed by atoms with van der Waals surface area (Å²) in [7, 11) is -2.83. The molecular formula is C9H18O2S. The molecule has 2 atom stereocenters. The standard InChI is InChI=1S/C9H18O2S/c1-4-8-6-7-9(3,5-2)12(8,10)11/h8H,4-7H2,1-3H3. The van der Waals surface area contributed by atoms with Crippen LogP contribution in [-0.4, -0.2) is 18.4 Å². The maximum Gasteiger partial charge on any atom is 0.158 e. The van der Waals surface area contributed by atoms with Gasteiger partial charge in [-0.25, -0.2) is 8.42 Å². The molecule has 1 heterocycles. The van der Waals surface area contributed by atoms with Crippen LogP contribution in [0.2, 0.25) is 0 Å². The topological polar surface area (TPSA) is 34.1 Å². The quantitative estimate of drug-likeness (QED) is 0.668. The van der Waals surface area contributed by atoms with Gasteiger partial charge >= 0.3 is 0 Å². The van der Waals surface area contributed by atoms with Crippen molar-refractivity contribution in [2.45, 2.75) is 56.5 Å². The van der Waals surface area contributed by atoms with E-state index in [0.717, 1.165) is 25.7 Å². The van der Waals surface area contributed by atoms with Crippen LogP contribution in [0.25, 0.3) is 0 Å². The lowest BCUT2D eigenvalue weighted by Gasteiger charge is -2.21. The third kappa shape index (κ3) is 1.18. The molecule has 0 radical (unpaired) electrons. The van der Waals surface area contributed by atoms with Gasteiger partial charge < -0.3 is 0 Å². The van der Waals surface area contributed by atoms with Gasteiger partial charge in [-0.05, 0) is 32.6 Å². The molecule has 0 N–H and O–H groups in total. The van der Waals surface area contributed by atoms with E-state index < -0.39 is 14.6 Å². The number of rotatable bonds is 2. The molecule has 1 rings (SSSR count). The van der Waals surface area contributed by atoms with Crippen molar-refractivity contribution in [1.29, 1.82) is 0 Å². The number of sulfone groups is 1. The zero-order valence-corrected chi connectivity index (χ0v) is 8.95. The summed E-state index contributed by atoms with van der Waals surface area (Å²) in [6, 6.07) is 0. The van der Waals surface area contributed by atoms with E-state index in [-0.39, 0.29) is 5.25 Å². The highest BCUT2D eigenvalue weighted by Crippen LogP contribution is 2.40. The minimum Gasteiger partial charge on any atom is -0.228 e. The molecule has 0 aromatic carbocycles. The van der Waals surface area contributed by atoms with Gasteiger partial charge in [0.25, 0.3) is 0 Å².